The molecule has 0 heterocycles. The maximum Gasteiger partial charge on any atom is 0.317 e. The van der Waals surface area contributed by atoms with Crippen molar-refractivity contribution < 1.29 is 18.7 Å². The van der Waals surface area contributed by atoms with E-state index in [1.165, 1.54) is 19.2 Å². The number of carbonyl (C=O) groups excluding carboxylic acids is 1. The van der Waals surface area contributed by atoms with Crippen molar-refractivity contribution in [3.05, 3.63) is 35.6 Å². The number of halogens is 1. The maximum atomic E-state index is 12.9. The largest absolute Gasteiger partial charge is 0.468 e. The lowest BCUT2D eigenvalue weighted by Crippen LogP contribution is -2.44. The van der Waals surface area contributed by atoms with Crippen molar-refractivity contribution in [1.29, 1.82) is 0 Å². The predicted octanol–water partition coefficient (Wildman–Crippen LogP) is 1.23. The number of carbonyl (C=O) groups is 1. The van der Waals surface area contributed by atoms with Crippen molar-refractivity contribution in [2.45, 2.75) is 11.8 Å². The predicted molar refractivity (Wildman–Crippen MR) is 65.6 cm³/mol. The number of ether oxygens (including phenoxy) is 2. The van der Waals surface area contributed by atoms with E-state index in [0.29, 0.717) is 18.6 Å². The van der Waals surface area contributed by atoms with Gasteiger partial charge in [-0.15, -0.1) is 0 Å². The van der Waals surface area contributed by atoms with Crippen LogP contribution >= 0.6 is 0 Å². The normalized spacial score (nSPS) is 14.0. The van der Waals surface area contributed by atoms with Gasteiger partial charge in [0.05, 0.1) is 7.11 Å². The number of nitrogens with two attached hydrogens (primary N) is 1. The van der Waals surface area contributed by atoms with Crippen molar-refractivity contribution >= 4 is 5.97 Å². The minimum Gasteiger partial charge on any atom is -0.468 e. The number of hydrogen-bond acceptors (Lipinski definition) is 4. The van der Waals surface area contributed by atoms with Crippen molar-refractivity contribution in [1.82, 2.24) is 0 Å². The molecule has 1 rings (SSSR count). The van der Waals surface area contributed by atoms with Gasteiger partial charge in [0.25, 0.3) is 0 Å². The van der Waals surface area contributed by atoms with Crippen LogP contribution in [0.15, 0.2) is 24.3 Å². The Morgan fingerprint density at radius 3 is 2.39 bits per heavy atom. The second-order valence-corrected chi connectivity index (χ2v) is 4.03. The van der Waals surface area contributed by atoms with Crippen LogP contribution in [0.5, 0.6) is 0 Å². The number of methoxy groups -OCH3 is 2. The molecule has 0 radical (unpaired) electrons. The summed E-state index contributed by atoms with van der Waals surface area (Å²) in [6.45, 7) is 0.443. The van der Waals surface area contributed by atoms with Gasteiger partial charge >= 0.3 is 5.97 Å². The molecule has 18 heavy (non-hydrogen) atoms. The number of rotatable bonds is 6. The fourth-order valence-electron chi connectivity index (χ4n) is 1.91. The number of hydrogen-bond donors (Lipinski definition) is 1. The summed E-state index contributed by atoms with van der Waals surface area (Å²) in [6, 6.07) is 5.70. The van der Waals surface area contributed by atoms with Crippen LogP contribution < -0.4 is 5.73 Å². The fourth-order valence-corrected chi connectivity index (χ4v) is 1.91. The summed E-state index contributed by atoms with van der Waals surface area (Å²) in [5.74, 6) is -0.796. The minimum atomic E-state index is -0.988. The van der Waals surface area contributed by atoms with Crippen LogP contribution in [0.25, 0.3) is 0 Å². The first-order chi connectivity index (χ1) is 8.60. The Morgan fingerprint density at radius 1 is 1.33 bits per heavy atom. The Morgan fingerprint density at radius 2 is 1.94 bits per heavy atom. The molecule has 0 amide bonds. The monoisotopic (exact) mass is 255 g/mol. The summed E-state index contributed by atoms with van der Waals surface area (Å²) in [7, 11) is 2.85. The highest BCUT2D eigenvalue weighted by Gasteiger charge is 2.39. The first kappa shape index (κ1) is 14.6. The second kappa shape index (κ2) is 6.47. The van der Waals surface area contributed by atoms with Gasteiger partial charge in [0, 0.05) is 20.3 Å². The molecule has 0 aliphatic heterocycles. The van der Waals surface area contributed by atoms with Crippen LogP contribution in [0, 0.1) is 5.82 Å². The molecule has 1 aromatic rings. The average molecular weight is 255 g/mol. The van der Waals surface area contributed by atoms with E-state index < -0.39 is 11.4 Å². The average Bonchev–Trinajstić information content (AvgIpc) is 2.41. The van der Waals surface area contributed by atoms with Gasteiger partial charge in [0.1, 0.15) is 11.2 Å². The molecule has 0 aliphatic rings. The highest BCUT2D eigenvalue weighted by Crippen LogP contribution is 2.29. The highest BCUT2D eigenvalue weighted by atomic mass is 19.1. The lowest BCUT2D eigenvalue weighted by atomic mass is 9.77. The van der Waals surface area contributed by atoms with Crippen molar-refractivity contribution in [3.63, 3.8) is 0 Å². The van der Waals surface area contributed by atoms with Crippen molar-refractivity contribution in [2.75, 3.05) is 27.4 Å². The zero-order valence-corrected chi connectivity index (χ0v) is 10.6. The van der Waals surface area contributed by atoms with Gasteiger partial charge in [-0.05, 0) is 24.1 Å². The van der Waals surface area contributed by atoms with Gasteiger partial charge in [-0.1, -0.05) is 12.1 Å². The molecule has 0 spiro atoms. The van der Waals surface area contributed by atoms with Gasteiger partial charge in [-0.3, -0.25) is 4.79 Å². The molecular formula is C13H18FNO3. The Bertz CT molecular complexity index is 394. The highest BCUT2D eigenvalue weighted by molar-refractivity contribution is 5.83. The van der Waals surface area contributed by atoms with E-state index in [0.717, 1.165) is 0 Å². The van der Waals surface area contributed by atoms with Gasteiger partial charge in [-0.2, -0.15) is 0 Å². The topological polar surface area (TPSA) is 61.5 Å². The molecule has 0 bridgehead atoms. The van der Waals surface area contributed by atoms with Gasteiger partial charge < -0.3 is 15.2 Å². The van der Waals surface area contributed by atoms with Crippen LogP contribution in [0.2, 0.25) is 0 Å². The fraction of sp³-hybridized carbons (Fsp3) is 0.462. The summed E-state index contributed by atoms with van der Waals surface area (Å²) in [4.78, 5) is 12.0. The van der Waals surface area contributed by atoms with Crippen LogP contribution in [-0.2, 0) is 19.7 Å². The summed E-state index contributed by atoms with van der Waals surface area (Å²) in [5, 5.41) is 0. The van der Waals surface area contributed by atoms with E-state index in [1.807, 2.05) is 0 Å². The van der Waals surface area contributed by atoms with E-state index >= 15 is 0 Å². The molecule has 4 nitrogen and oxygen atoms in total. The Kier molecular flexibility index (Phi) is 5.25. The van der Waals surface area contributed by atoms with E-state index in [-0.39, 0.29) is 12.4 Å². The molecule has 1 unspecified atom stereocenters. The molecule has 5 heteroatoms. The smallest absolute Gasteiger partial charge is 0.317 e. The zero-order chi connectivity index (χ0) is 13.6. The summed E-state index contributed by atoms with van der Waals surface area (Å²) < 4.78 is 22.8. The Labute approximate surface area is 106 Å². The minimum absolute atomic E-state index is 0.0780. The second-order valence-electron chi connectivity index (χ2n) is 4.03. The van der Waals surface area contributed by atoms with Crippen molar-refractivity contribution in [2.24, 2.45) is 5.73 Å². The van der Waals surface area contributed by atoms with Crippen molar-refractivity contribution in [3.8, 4) is 0 Å². The lowest BCUT2D eigenvalue weighted by Gasteiger charge is -2.29. The van der Waals surface area contributed by atoms with Crippen LogP contribution in [0.3, 0.4) is 0 Å². The summed E-state index contributed by atoms with van der Waals surface area (Å²) in [6.07, 6.45) is 0.387. The molecule has 0 aliphatic carbocycles. The lowest BCUT2D eigenvalue weighted by molar-refractivity contribution is -0.148. The maximum absolute atomic E-state index is 12.9. The summed E-state index contributed by atoms with van der Waals surface area (Å²) in [5.41, 5.74) is 5.39. The Hall–Kier alpha value is -1.46. The third kappa shape index (κ3) is 2.86. The van der Waals surface area contributed by atoms with E-state index in [1.54, 1.807) is 19.2 Å². The molecule has 2 N–H and O–H groups in total. The number of benzene rings is 1. The van der Waals surface area contributed by atoms with Gasteiger partial charge in [-0.25, -0.2) is 4.39 Å². The molecule has 1 aromatic carbocycles. The zero-order valence-electron chi connectivity index (χ0n) is 10.6. The van der Waals surface area contributed by atoms with Gasteiger partial charge in [0.15, 0.2) is 0 Å². The molecule has 0 fully saturated rings. The van der Waals surface area contributed by atoms with E-state index in [2.05, 4.69) is 0 Å². The third-order valence-electron chi connectivity index (χ3n) is 3.05. The molecule has 1 atom stereocenters. The first-order valence-electron chi connectivity index (χ1n) is 5.64. The first-order valence-corrected chi connectivity index (χ1v) is 5.64. The summed E-state index contributed by atoms with van der Waals surface area (Å²) >= 11 is 0. The standard InChI is InChI=1S/C13H18FNO3/c1-17-8-7-13(9-15,12(16)18-2)10-3-5-11(14)6-4-10/h3-6H,7-9,15H2,1-2H3. The van der Waals surface area contributed by atoms with Crippen LogP contribution in [0.1, 0.15) is 12.0 Å². The molecule has 0 saturated carbocycles. The molecule has 100 valence electrons. The van der Waals surface area contributed by atoms with Crippen LogP contribution in [-0.4, -0.2) is 33.3 Å². The quantitative estimate of drug-likeness (QED) is 0.777. The third-order valence-corrected chi connectivity index (χ3v) is 3.05. The Balaban J connectivity index is 3.16. The molecular weight excluding hydrogens is 237 g/mol. The van der Waals surface area contributed by atoms with E-state index in [4.69, 9.17) is 15.2 Å². The number of esters is 1. The van der Waals surface area contributed by atoms with Crippen LogP contribution in [0.4, 0.5) is 4.39 Å². The molecule has 0 aromatic heterocycles. The molecule has 0 saturated heterocycles. The van der Waals surface area contributed by atoms with Gasteiger partial charge in [0.2, 0.25) is 0 Å². The van der Waals surface area contributed by atoms with E-state index in [9.17, 15) is 9.18 Å². The SMILES string of the molecule is COCCC(CN)(C(=O)OC)c1ccc(F)cc1.